The number of carbonyl (C=O) groups is 4. The van der Waals surface area contributed by atoms with Crippen molar-refractivity contribution in [1.29, 1.82) is 0 Å². The first-order valence-electron chi connectivity index (χ1n) is 10.4. The molecule has 32 heavy (non-hydrogen) atoms. The van der Waals surface area contributed by atoms with Crippen LogP contribution in [0.2, 0.25) is 0 Å². The van der Waals surface area contributed by atoms with E-state index in [1.54, 1.807) is 30.3 Å². The zero-order valence-corrected chi connectivity index (χ0v) is 17.8. The molecular formula is C21H30N4O7. The minimum atomic E-state index is -1.47. The van der Waals surface area contributed by atoms with Gasteiger partial charge in [0.05, 0.1) is 18.8 Å². The van der Waals surface area contributed by atoms with Gasteiger partial charge < -0.3 is 36.6 Å². The first kappa shape index (κ1) is 25.2. The highest BCUT2D eigenvalue weighted by molar-refractivity contribution is 5.94. The predicted molar refractivity (Wildman–Crippen MR) is 113 cm³/mol. The van der Waals surface area contributed by atoms with Crippen molar-refractivity contribution >= 4 is 23.7 Å². The van der Waals surface area contributed by atoms with Crippen LogP contribution in [0, 0.1) is 0 Å². The van der Waals surface area contributed by atoms with Gasteiger partial charge in [-0.25, -0.2) is 4.79 Å². The number of carbonyl (C=O) groups excluding carboxylic acids is 3. The fraction of sp³-hybridized carbons (Fsp3) is 0.524. The summed E-state index contributed by atoms with van der Waals surface area (Å²) < 4.78 is 0. The molecule has 2 rings (SSSR count). The lowest BCUT2D eigenvalue weighted by molar-refractivity contribution is -0.142. The number of aliphatic hydroxyl groups is 2. The van der Waals surface area contributed by atoms with Gasteiger partial charge in [0.15, 0.2) is 0 Å². The van der Waals surface area contributed by atoms with Crippen LogP contribution in [0.4, 0.5) is 0 Å². The number of hydrogen-bond donors (Lipinski definition) is 7. The second-order valence-electron chi connectivity index (χ2n) is 7.71. The van der Waals surface area contributed by atoms with Crippen molar-refractivity contribution < 1.29 is 34.5 Å². The molecule has 5 atom stereocenters. The number of hydrogen-bond acceptors (Lipinski definition) is 7. The zero-order valence-electron chi connectivity index (χ0n) is 17.8. The Morgan fingerprint density at radius 3 is 2.25 bits per heavy atom. The molecule has 1 aromatic carbocycles. The highest BCUT2D eigenvalue weighted by atomic mass is 16.4. The average Bonchev–Trinajstić information content (AvgIpc) is 3.30. The maximum Gasteiger partial charge on any atom is 0.326 e. The van der Waals surface area contributed by atoms with Gasteiger partial charge in [0.25, 0.3) is 0 Å². The van der Waals surface area contributed by atoms with Crippen LogP contribution >= 0.6 is 0 Å². The van der Waals surface area contributed by atoms with Gasteiger partial charge in [-0.15, -0.1) is 0 Å². The van der Waals surface area contributed by atoms with Crippen molar-refractivity contribution in [2.45, 2.75) is 56.5 Å². The minimum absolute atomic E-state index is 0.00868. The summed E-state index contributed by atoms with van der Waals surface area (Å²) in [6, 6.07) is 4.08. The fourth-order valence-electron chi connectivity index (χ4n) is 3.35. The summed E-state index contributed by atoms with van der Waals surface area (Å²) in [6.45, 7) is 1.17. The molecule has 176 valence electrons. The van der Waals surface area contributed by atoms with E-state index in [9.17, 15) is 34.5 Å². The van der Waals surface area contributed by atoms with Gasteiger partial charge >= 0.3 is 5.97 Å². The summed E-state index contributed by atoms with van der Waals surface area (Å²) in [6.07, 6.45) is 0.144. The van der Waals surface area contributed by atoms with E-state index in [4.69, 9.17) is 0 Å². The third-order valence-electron chi connectivity index (χ3n) is 5.15. The van der Waals surface area contributed by atoms with E-state index in [1.807, 2.05) is 0 Å². The summed E-state index contributed by atoms with van der Waals surface area (Å²) in [4.78, 5) is 49.0. The molecule has 1 aliphatic rings. The second-order valence-corrected chi connectivity index (χ2v) is 7.71. The number of aliphatic carboxylic acids is 1. The van der Waals surface area contributed by atoms with Gasteiger partial charge in [-0.1, -0.05) is 30.3 Å². The maximum absolute atomic E-state index is 12.6. The zero-order chi connectivity index (χ0) is 23.7. The van der Waals surface area contributed by atoms with Gasteiger partial charge in [-0.2, -0.15) is 0 Å². The van der Waals surface area contributed by atoms with Gasteiger partial charge in [0.1, 0.15) is 18.1 Å². The molecule has 1 heterocycles. The van der Waals surface area contributed by atoms with E-state index >= 15 is 0 Å². The third-order valence-corrected chi connectivity index (χ3v) is 5.15. The number of carboxylic acid groups (broad SMARTS) is 1. The minimum Gasteiger partial charge on any atom is -0.480 e. The molecule has 7 N–H and O–H groups in total. The number of aliphatic hydroxyl groups excluding tert-OH is 2. The van der Waals surface area contributed by atoms with E-state index in [1.165, 1.54) is 6.92 Å². The van der Waals surface area contributed by atoms with Crippen molar-refractivity contribution in [3.8, 4) is 0 Å². The molecule has 0 aromatic heterocycles. The van der Waals surface area contributed by atoms with Crippen molar-refractivity contribution in [3.63, 3.8) is 0 Å². The molecule has 3 amide bonds. The predicted octanol–water partition coefficient (Wildman–Crippen LogP) is -2.11. The Morgan fingerprint density at radius 1 is 1.06 bits per heavy atom. The highest BCUT2D eigenvalue weighted by Gasteiger charge is 2.33. The molecule has 1 fully saturated rings. The number of rotatable bonds is 11. The van der Waals surface area contributed by atoms with E-state index in [-0.39, 0.29) is 6.42 Å². The Morgan fingerprint density at radius 2 is 1.72 bits per heavy atom. The largest absolute Gasteiger partial charge is 0.480 e. The van der Waals surface area contributed by atoms with Gasteiger partial charge in [-0.05, 0) is 31.9 Å². The van der Waals surface area contributed by atoms with E-state index in [0.717, 1.165) is 6.42 Å². The monoisotopic (exact) mass is 450 g/mol. The quantitative estimate of drug-likeness (QED) is 0.200. The Kier molecular flexibility index (Phi) is 9.57. The van der Waals surface area contributed by atoms with Gasteiger partial charge in [0.2, 0.25) is 17.7 Å². The van der Waals surface area contributed by atoms with E-state index in [0.29, 0.717) is 18.5 Å². The van der Waals surface area contributed by atoms with Gasteiger partial charge in [-0.3, -0.25) is 14.4 Å². The Hall–Kier alpha value is -3.02. The fourth-order valence-corrected chi connectivity index (χ4v) is 3.35. The first-order chi connectivity index (χ1) is 15.2. The molecule has 0 saturated carbocycles. The molecule has 0 aliphatic carbocycles. The topological polar surface area (TPSA) is 177 Å². The standard InChI is InChI=1S/C21H30N4O7/c1-12(27)17(25-18(28)14-8-5-9-22-14)20(30)24-16(11-26)19(29)23-15(21(31)32)10-13-6-3-2-4-7-13/h2-4,6-7,12,14-17,22,26-27H,5,8-11H2,1H3,(H,23,29)(H,24,30)(H,25,28)(H,31,32). The third kappa shape index (κ3) is 7.29. The van der Waals surface area contributed by atoms with E-state index < -0.39 is 60.6 Å². The van der Waals surface area contributed by atoms with Crippen molar-refractivity contribution in [2.24, 2.45) is 0 Å². The molecule has 5 unspecified atom stereocenters. The van der Waals surface area contributed by atoms with Crippen LogP contribution in [0.5, 0.6) is 0 Å². The van der Waals surface area contributed by atoms with Crippen LogP contribution in [-0.4, -0.2) is 82.4 Å². The lowest BCUT2D eigenvalue weighted by Crippen LogP contribution is -2.60. The van der Waals surface area contributed by atoms with Crippen molar-refractivity contribution in [2.75, 3.05) is 13.2 Å². The molecule has 1 aliphatic heterocycles. The van der Waals surface area contributed by atoms with Crippen LogP contribution in [-0.2, 0) is 25.6 Å². The first-order valence-corrected chi connectivity index (χ1v) is 10.4. The van der Waals surface area contributed by atoms with E-state index in [2.05, 4.69) is 21.3 Å². The van der Waals surface area contributed by atoms with Crippen LogP contribution < -0.4 is 21.3 Å². The lowest BCUT2D eigenvalue weighted by atomic mass is 10.1. The summed E-state index contributed by atoms with van der Waals surface area (Å²) in [5, 5.41) is 38.9. The maximum atomic E-state index is 12.6. The lowest BCUT2D eigenvalue weighted by Gasteiger charge is -2.25. The van der Waals surface area contributed by atoms with Crippen molar-refractivity contribution in [1.82, 2.24) is 21.3 Å². The number of benzene rings is 1. The molecular weight excluding hydrogens is 420 g/mol. The summed E-state index contributed by atoms with van der Waals surface area (Å²) in [5.74, 6) is -3.52. The summed E-state index contributed by atoms with van der Waals surface area (Å²) in [5.41, 5.74) is 0.683. The van der Waals surface area contributed by atoms with Crippen LogP contribution in [0.1, 0.15) is 25.3 Å². The van der Waals surface area contributed by atoms with Crippen molar-refractivity contribution in [3.05, 3.63) is 35.9 Å². The molecule has 0 radical (unpaired) electrons. The normalized spacial score (nSPS) is 19.3. The highest BCUT2D eigenvalue weighted by Crippen LogP contribution is 2.07. The molecule has 1 saturated heterocycles. The molecule has 1 aromatic rings. The Balaban J connectivity index is 2.00. The smallest absolute Gasteiger partial charge is 0.326 e. The molecule has 0 spiro atoms. The average molecular weight is 450 g/mol. The van der Waals surface area contributed by atoms with Crippen LogP contribution in [0.3, 0.4) is 0 Å². The SMILES string of the molecule is CC(O)C(NC(=O)C1CCCN1)C(=O)NC(CO)C(=O)NC(Cc1ccccc1)C(=O)O. The molecule has 11 nitrogen and oxygen atoms in total. The Bertz CT molecular complexity index is 797. The summed E-state index contributed by atoms with van der Waals surface area (Å²) >= 11 is 0. The number of amides is 3. The molecule has 0 bridgehead atoms. The van der Waals surface area contributed by atoms with Crippen LogP contribution in [0.15, 0.2) is 30.3 Å². The number of carboxylic acids is 1. The Labute approximate surface area is 185 Å². The van der Waals surface area contributed by atoms with Gasteiger partial charge in [0, 0.05) is 6.42 Å². The number of nitrogens with one attached hydrogen (secondary N) is 4. The second kappa shape index (κ2) is 12.1. The van der Waals surface area contributed by atoms with Crippen LogP contribution in [0.25, 0.3) is 0 Å². The summed E-state index contributed by atoms with van der Waals surface area (Å²) in [7, 11) is 0. The molecule has 11 heteroatoms.